The number of nitrogens with two attached hydrogens (primary N) is 1. The van der Waals surface area contributed by atoms with Gasteiger partial charge in [-0.05, 0) is 26.8 Å². The molecule has 3 N–H and O–H groups in total. The van der Waals surface area contributed by atoms with Crippen molar-refractivity contribution in [3.8, 4) is 0 Å². The van der Waals surface area contributed by atoms with Crippen molar-refractivity contribution in [2.45, 2.75) is 27.3 Å². The van der Waals surface area contributed by atoms with E-state index in [-0.39, 0.29) is 6.61 Å². The molecule has 4 heteroatoms. The van der Waals surface area contributed by atoms with Gasteiger partial charge in [-0.25, -0.2) is 0 Å². The molecule has 0 saturated carbocycles. The van der Waals surface area contributed by atoms with Crippen LogP contribution in [0.4, 0.5) is 5.69 Å². The van der Waals surface area contributed by atoms with Gasteiger partial charge >= 0.3 is 0 Å². The van der Waals surface area contributed by atoms with Crippen LogP contribution < -0.4 is 10.6 Å². The molecule has 0 saturated heterocycles. The number of hydrogen-bond acceptors (Lipinski definition) is 4. The fraction of sp³-hybridized carbons (Fsp3) is 0.583. The summed E-state index contributed by atoms with van der Waals surface area (Å²) in [5.74, 6) is 0. The number of nitrogens with zero attached hydrogens (tertiary/aromatic N) is 2. The summed E-state index contributed by atoms with van der Waals surface area (Å²) in [7, 11) is 0. The number of hydrogen-bond donors (Lipinski definition) is 2. The number of anilines is 1. The van der Waals surface area contributed by atoms with Crippen molar-refractivity contribution >= 4 is 5.69 Å². The van der Waals surface area contributed by atoms with Crippen LogP contribution >= 0.6 is 0 Å². The van der Waals surface area contributed by atoms with Crippen LogP contribution in [0.2, 0.25) is 0 Å². The standard InChI is InChI=1S/C12H21N3O/c1-4-15(5-6-16)12-7-9(2)14-10(3)11(12)8-13/h7,16H,4-6,8,13H2,1-3H3. The predicted octanol–water partition coefficient (Wildman–Crippen LogP) is 0.976. The first-order chi connectivity index (χ1) is 7.63. The van der Waals surface area contributed by atoms with Crippen molar-refractivity contribution in [1.82, 2.24) is 4.98 Å². The molecule has 0 aliphatic carbocycles. The highest BCUT2D eigenvalue weighted by Crippen LogP contribution is 2.23. The van der Waals surface area contributed by atoms with E-state index < -0.39 is 0 Å². The number of pyridine rings is 1. The lowest BCUT2D eigenvalue weighted by molar-refractivity contribution is 0.302. The van der Waals surface area contributed by atoms with Crippen molar-refractivity contribution in [3.05, 3.63) is 23.0 Å². The molecule has 0 unspecified atom stereocenters. The number of aryl methyl sites for hydroxylation is 2. The van der Waals surface area contributed by atoms with Gasteiger partial charge in [-0.3, -0.25) is 4.98 Å². The van der Waals surface area contributed by atoms with E-state index >= 15 is 0 Å². The molecule has 16 heavy (non-hydrogen) atoms. The highest BCUT2D eigenvalue weighted by Gasteiger charge is 2.12. The molecule has 0 amide bonds. The first-order valence-corrected chi connectivity index (χ1v) is 5.67. The Kier molecular flexibility index (Phi) is 4.71. The number of aliphatic hydroxyl groups excluding tert-OH is 1. The van der Waals surface area contributed by atoms with Crippen LogP contribution in [-0.2, 0) is 6.54 Å². The zero-order valence-electron chi connectivity index (χ0n) is 10.3. The summed E-state index contributed by atoms with van der Waals surface area (Å²) >= 11 is 0. The van der Waals surface area contributed by atoms with Crippen LogP contribution in [-0.4, -0.2) is 29.8 Å². The quantitative estimate of drug-likeness (QED) is 0.781. The predicted molar refractivity (Wildman–Crippen MR) is 66.6 cm³/mol. The third-order valence-electron chi connectivity index (χ3n) is 2.73. The van der Waals surface area contributed by atoms with Crippen LogP contribution in [0, 0.1) is 13.8 Å². The van der Waals surface area contributed by atoms with Crippen molar-refractivity contribution in [1.29, 1.82) is 0 Å². The normalized spacial score (nSPS) is 10.6. The largest absolute Gasteiger partial charge is 0.395 e. The van der Waals surface area contributed by atoms with E-state index in [0.29, 0.717) is 13.1 Å². The number of aliphatic hydroxyl groups is 1. The molecule has 4 nitrogen and oxygen atoms in total. The Labute approximate surface area is 97.1 Å². The minimum Gasteiger partial charge on any atom is -0.395 e. The smallest absolute Gasteiger partial charge is 0.0606 e. The fourth-order valence-electron chi connectivity index (χ4n) is 1.94. The molecule has 90 valence electrons. The second-order valence-corrected chi connectivity index (χ2v) is 3.85. The van der Waals surface area contributed by atoms with Gasteiger partial charge in [-0.15, -0.1) is 0 Å². The number of likely N-dealkylation sites (N-methyl/N-ethyl adjacent to an activating group) is 1. The van der Waals surface area contributed by atoms with Crippen LogP contribution in [0.15, 0.2) is 6.07 Å². The Morgan fingerprint density at radius 2 is 2.12 bits per heavy atom. The maximum Gasteiger partial charge on any atom is 0.0606 e. The molecule has 0 radical (unpaired) electrons. The molecule has 0 aliphatic heterocycles. The molecule has 0 fully saturated rings. The Morgan fingerprint density at radius 3 is 2.62 bits per heavy atom. The van der Waals surface area contributed by atoms with Gasteiger partial charge < -0.3 is 15.7 Å². The third kappa shape index (κ3) is 2.71. The maximum atomic E-state index is 9.04. The van der Waals surface area contributed by atoms with Gasteiger partial charge in [0.1, 0.15) is 0 Å². The minimum absolute atomic E-state index is 0.151. The van der Waals surface area contributed by atoms with Crippen molar-refractivity contribution < 1.29 is 5.11 Å². The van der Waals surface area contributed by atoms with Crippen LogP contribution in [0.3, 0.4) is 0 Å². The van der Waals surface area contributed by atoms with Crippen molar-refractivity contribution in [2.75, 3.05) is 24.6 Å². The monoisotopic (exact) mass is 223 g/mol. The topological polar surface area (TPSA) is 62.4 Å². The summed E-state index contributed by atoms with van der Waals surface area (Å²) in [5.41, 5.74) is 9.90. The van der Waals surface area contributed by atoms with Gasteiger partial charge in [0.25, 0.3) is 0 Å². The van der Waals surface area contributed by atoms with Crippen molar-refractivity contribution in [3.63, 3.8) is 0 Å². The average Bonchev–Trinajstić information content (AvgIpc) is 2.25. The minimum atomic E-state index is 0.151. The highest BCUT2D eigenvalue weighted by atomic mass is 16.3. The van der Waals surface area contributed by atoms with E-state index in [4.69, 9.17) is 10.8 Å². The summed E-state index contributed by atoms with van der Waals surface area (Å²) in [4.78, 5) is 6.54. The summed E-state index contributed by atoms with van der Waals surface area (Å²) in [6.45, 7) is 8.15. The molecule has 1 rings (SSSR count). The number of aromatic nitrogens is 1. The highest BCUT2D eigenvalue weighted by molar-refractivity contribution is 5.56. The first kappa shape index (κ1) is 12.9. The summed E-state index contributed by atoms with van der Waals surface area (Å²) < 4.78 is 0. The zero-order valence-corrected chi connectivity index (χ0v) is 10.3. The molecular weight excluding hydrogens is 202 g/mol. The van der Waals surface area contributed by atoms with E-state index in [1.807, 2.05) is 19.9 Å². The Morgan fingerprint density at radius 1 is 1.44 bits per heavy atom. The van der Waals surface area contributed by atoms with Gasteiger partial charge in [0.15, 0.2) is 0 Å². The molecule has 0 aliphatic rings. The van der Waals surface area contributed by atoms with E-state index in [1.165, 1.54) is 0 Å². The SMILES string of the molecule is CCN(CCO)c1cc(C)nc(C)c1CN. The lowest BCUT2D eigenvalue weighted by atomic mass is 10.1. The Hall–Kier alpha value is -1.13. The van der Waals surface area contributed by atoms with Gasteiger partial charge in [-0.1, -0.05) is 0 Å². The van der Waals surface area contributed by atoms with Crippen LogP contribution in [0.1, 0.15) is 23.9 Å². The zero-order chi connectivity index (χ0) is 12.1. The number of rotatable bonds is 5. The molecule has 1 heterocycles. The van der Waals surface area contributed by atoms with Gasteiger partial charge in [0.05, 0.1) is 6.61 Å². The van der Waals surface area contributed by atoms with Crippen molar-refractivity contribution in [2.24, 2.45) is 5.73 Å². The molecule has 0 atom stereocenters. The summed E-state index contributed by atoms with van der Waals surface area (Å²) in [5, 5.41) is 9.04. The molecule has 0 spiro atoms. The third-order valence-corrected chi connectivity index (χ3v) is 2.73. The van der Waals surface area contributed by atoms with E-state index in [0.717, 1.165) is 29.2 Å². The Balaban J connectivity index is 3.17. The second-order valence-electron chi connectivity index (χ2n) is 3.85. The van der Waals surface area contributed by atoms with E-state index in [9.17, 15) is 0 Å². The summed E-state index contributed by atoms with van der Waals surface area (Å²) in [6.07, 6.45) is 0. The lowest BCUT2D eigenvalue weighted by Crippen LogP contribution is -2.28. The molecule has 0 bridgehead atoms. The molecule has 1 aromatic rings. The van der Waals surface area contributed by atoms with Gasteiger partial charge in [-0.2, -0.15) is 0 Å². The van der Waals surface area contributed by atoms with Crippen LogP contribution in [0.5, 0.6) is 0 Å². The second kappa shape index (κ2) is 5.82. The average molecular weight is 223 g/mol. The fourth-order valence-corrected chi connectivity index (χ4v) is 1.94. The van der Waals surface area contributed by atoms with Gasteiger partial charge in [0.2, 0.25) is 0 Å². The van der Waals surface area contributed by atoms with Gasteiger partial charge in [0, 0.05) is 42.3 Å². The van der Waals surface area contributed by atoms with E-state index in [1.54, 1.807) is 0 Å². The maximum absolute atomic E-state index is 9.04. The van der Waals surface area contributed by atoms with Crippen LogP contribution in [0.25, 0.3) is 0 Å². The lowest BCUT2D eigenvalue weighted by Gasteiger charge is -2.25. The Bertz CT molecular complexity index is 352. The molecule has 1 aromatic heterocycles. The molecule has 0 aromatic carbocycles. The molecular formula is C12H21N3O. The summed E-state index contributed by atoms with van der Waals surface area (Å²) in [6, 6.07) is 2.04. The first-order valence-electron chi connectivity index (χ1n) is 5.67. The van der Waals surface area contributed by atoms with E-state index in [2.05, 4.69) is 16.8 Å².